The number of anilines is 2. The number of hydrogen-bond acceptors (Lipinski definition) is 3. The van der Waals surface area contributed by atoms with E-state index in [0.717, 1.165) is 16.0 Å². The molecular weight excluding hydrogens is 230 g/mol. The Morgan fingerprint density at radius 2 is 2.15 bits per heavy atom. The molecule has 0 aliphatic rings. The van der Waals surface area contributed by atoms with Gasteiger partial charge in [0.1, 0.15) is 5.82 Å². The summed E-state index contributed by atoms with van der Waals surface area (Å²) in [5.74, 6) is 1.13. The molecule has 0 spiro atoms. The quantitative estimate of drug-likeness (QED) is 0.840. The zero-order chi connectivity index (χ0) is 10.0. The van der Waals surface area contributed by atoms with Crippen LogP contribution in [0.5, 0.6) is 0 Å². The van der Waals surface area contributed by atoms with Crippen LogP contribution in [0.3, 0.4) is 0 Å². The second-order valence-electron chi connectivity index (χ2n) is 3.20. The molecule has 4 heteroatoms. The largest absolute Gasteiger partial charge is 0.396 e. The number of hydrogen-bond donors (Lipinski definition) is 2. The molecule has 1 rings (SSSR count). The predicted octanol–water partition coefficient (Wildman–Crippen LogP) is 2.59. The van der Waals surface area contributed by atoms with Crippen molar-refractivity contribution >= 4 is 27.4 Å². The average molecular weight is 244 g/mol. The van der Waals surface area contributed by atoms with E-state index in [4.69, 9.17) is 5.73 Å². The van der Waals surface area contributed by atoms with Gasteiger partial charge < -0.3 is 11.1 Å². The van der Waals surface area contributed by atoms with E-state index >= 15 is 0 Å². The molecule has 3 nitrogen and oxygen atoms in total. The van der Waals surface area contributed by atoms with Crippen LogP contribution in [0, 0.1) is 0 Å². The maximum atomic E-state index is 5.75. The number of rotatable bonds is 2. The standard InChI is InChI=1S/C9H14BrN3/c1-5(2)8-6(10)4-7(11)9(12-3)13-8/h4-5H,11H2,1-3H3,(H,12,13). The zero-order valence-corrected chi connectivity index (χ0v) is 9.64. The third kappa shape index (κ3) is 2.12. The number of nitrogens with one attached hydrogen (secondary N) is 1. The fraction of sp³-hybridized carbons (Fsp3) is 0.444. The maximum Gasteiger partial charge on any atom is 0.149 e. The first-order valence-corrected chi connectivity index (χ1v) is 4.99. The van der Waals surface area contributed by atoms with Gasteiger partial charge in [0.2, 0.25) is 0 Å². The minimum absolute atomic E-state index is 0.391. The predicted molar refractivity (Wildman–Crippen MR) is 60.0 cm³/mol. The van der Waals surface area contributed by atoms with Gasteiger partial charge in [-0.3, -0.25) is 0 Å². The zero-order valence-electron chi connectivity index (χ0n) is 8.06. The molecule has 13 heavy (non-hydrogen) atoms. The molecule has 72 valence electrons. The van der Waals surface area contributed by atoms with Crippen molar-refractivity contribution in [1.82, 2.24) is 4.98 Å². The van der Waals surface area contributed by atoms with E-state index in [1.807, 2.05) is 13.1 Å². The highest BCUT2D eigenvalue weighted by molar-refractivity contribution is 9.10. The maximum absolute atomic E-state index is 5.75. The van der Waals surface area contributed by atoms with Gasteiger partial charge in [-0.1, -0.05) is 13.8 Å². The molecule has 0 aliphatic carbocycles. The Labute approximate surface area is 86.9 Å². The Morgan fingerprint density at radius 1 is 1.54 bits per heavy atom. The minimum atomic E-state index is 0.391. The van der Waals surface area contributed by atoms with Crippen LogP contribution in [0.4, 0.5) is 11.5 Å². The Hall–Kier alpha value is -0.770. The number of nitrogens with zero attached hydrogens (tertiary/aromatic N) is 1. The number of halogens is 1. The van der Waals surface area contributed by atoms with Crippen molar-refractivity contribution in [3.63, 3.8) is 0 Å². The summed E-state index contributed by atoms with van der Waals surface area (Å²) in [6.07, 6.45) is 0. The van der Waals surface area contributed by atoms with Gasteiger partial charge in [0.25, 0.3) is 0 Å². The minimum Gasteiger partial charge on any atom is -0.396 e. The van der Waals surface area contributed by atoms with Crippen molar-refractivity contribution in [2.45, 2.75) is 19.8 Å². The van der Waals surface area contributed by atoms with Crippen LogP contribution in [0.15, 0.2) is 10.5 Å². The molecule has 0 radical (unpaired) electrons. The fourth-order valence-electron chi connectivity index (χ4n) is 1.12. The molecular formula is C9H14BrN3. The van der Waals surface area contributed by atoms with Crippen molar-refractivity contribution in [3.8, 4) is 0 Å². The lowest BCUT2D eigenvalue weighted by atomic mass is 10.1. The summed E-state index contributed by atoms with van der Waals surface area (Å²) in [6, 6.07) is 1.88. The summed E-state index contributed by atoms with van der Waals surface area (Å²) in [4.78, 5) is 4.41. The van der Waals surface area contributed by atoms with Gasteiger partial charge in [-0.05, 0) is 27.9 Å². The van der Waals surface area contributed by atoms with Gasteiger partial charge in [-0.15, -0.1) is 0 Å². The van der Waals surface area contributed by atoms with Crippen LogP contribution in [-0.2, 0) is 0 Å². The van der Waals surface area contributed by atoms with E-state index in [-0.39, 0.29) is 0 Å². The van der Waals surface area contributed by atoms with E-state index < -0.39 is 0 Å². The highest BCUT2D eigenvalue weighted by Gasteiger charge is 2.09. The normalized spacial score (nSPS) is 10.5. The van der Waals surface area contributed by atoms with Crippen LogP contribution in [0.2, 0.25) is 0 Å². The molecule has 0 atom stereocenters. The molecule has 1 heterocycles. The molecule has 0 aromatic carbocycles. The van der Waals surface area contributed by atoms with E-state index in [9.17, 15) is 0 Å². The van der Waals surface area contributed by atoms with Gasteiger partial charge >= 0.3 is 0 Å². The van der Waals surface area contributed by atoms with Crippen LogP contribution >= 0.6 is 15.9 Å². The third-order valence-electron chi connectivity index (χ3n) is 1.82. The number of pyridine rings is 1. The summed E-state index contributed by atoms with van der Waals surface area (Å²) in [7, 11) is 1.82. The number of nitrogen functional groups attached to an aromatic ring is 1. The van der Waals surface area contributed by atoms with Crippen molar-refractivity contribution < 1.29 is 0 Å². The van der Waals surface area contributed by atoms with E-state index in [0.29, 0.717) is 11.6 Å². The monoisotopic (exact) mass is 243 g/mol. The van der Waals surface area contributed by atoms with Crippen molar-refractivity contribution in [2.24, 2.45) is 0 Å². The first kappa shape index (κ1) is 10.3. The lowest BCUT2D eigenvalue weighted by Crippen LogP contribution is -2.03. The highest BCUT2D eigenvalue weighted by atomic mass is 79.9. The Kier molecular flexibility index (Phi) is 3.14. The fourth-order valence-corrected chi connectivity index (χ4v) is 1.92. The Balaban J connectivity index is 3.22. The first-order chi connectivity index (χ1) is 6.06. The van der Waals surface area contributed by atoms with E-state index in [1.54, 1.807) is 0 Å². The third-order valence-corrected chi connectivity index (χ3v) is 2.45. The SMILES string of the molecule is CNc1nc(C(C)C)c(Br)cc1N. The second-order valence-corrected chi connectivity index (χ2v) is 4.05. The Morgan fingerprint density at radius 3 is 2.62 bits per heavy atom. The second kappa shape index (κ2) is 3.96. The molecule has 0 fully saturated rings. The van der Waals surface area contributed by atoms with Gasteiger partial charge in [0.05, 0.1) is 11.4 Å². The van der Waals surface area contributed by atoms with Gasteiger partial charge in [-0.25, -0.2) is 4.98 Å². The Bertz CT molecular complexity index is 310. The van der Waals surface area contributed by atoms with Crippen molar-refractivity contribution in [3.05, 3.63) is 16.2 Å². The number of aromatic nitrogens is 1. The molecule has 0 saturated heterocycles. The molecule has 3 N–H and O–H groups in total. The van der Waals surface area contributed by atoms with Crippen LogP contribution in [0.25, 0.3) is 0 Å². The lowest BCUT2D eigenvalue weighted by Gasteiger charge is -2.11. The summed E-state index contributed by atoms with van der Waals surface area (Å²) >= 11 is 3.44. The number of nitrogens with two attached hydrogens (primary N) is 1. The van der Waals surface area contributed by atoms with Crippen molar-refractivity contribution in [2.75, 3.05) is 18.1 Å². The molecule has 0 amide bonds. The first-order valence-electron chi connectivity index (χ1n) is 4.20. The average Bonchev–Trinajstić information content (AvgIpc) is 2.03. The molecule has 0 unspecified atom stereocenters. The van der Waals surface area contributed by atoms with Gasteiger partial charge in [0.15, 0.2) is 0 Å². The molecule has 1 aromatic heterocycles. The molecule has 1 aromatic rings. The van der Waals surface area contributed by atoms with E-state index in [2.05, 4.69) is 40.1 Å². The summed E-state index contributed by atoms with van der Waals surface area (Å²) in [5, 5.41) is 2.96. The smallest absolute Gasteiger partial charge is 0.149 e. The van der Waals surface area contributed by atoms with Crippen LogP contribution in [0.1, 0.15) is 25.5 Å². The molecule has 0 saturated carbocycles. The van der Waals surface area contributed by atoms with E-state index in [1.165, 1.54) is 0 Å². The molecule has 0 aliphatic heterocycles. The van der Waals surface area contributed by atoms with Crippen molar-refractivity contribution in [1.29, 1.82) is 0 Å². The summed E-state index contributed by atoms with van der Waals surface area (Å²) < 4.78 is 0.971. The highest BCUT2D eigenvalue weighted by Crippen LogP contribution is 2.28. The summed E-state index contributed by atoms with van der Waals surface area (Å²) in [5.41, 5.74) is 7.44. The molecule has 0 bridgehead atoms. The van der Waals surface area contributed by atoms with Gasteiger partial charge in [0, 0.05) is 11.5 Å². The van der Waals surface area contributed by atoms with Crippen LogP contribution in [-0.4, -0.2) is 12.0 Å². The topological polar surface area (TPSA) is 50.9 Å². The van der Waals surface area contributed by atoms with Gasteiger partial charge in [-0.2, -0.15) is 0 Å². The summed E-state index contributed by atoms with van der Waals surface area (Å²) in [6.45, 7) is 4.20. The van der Waals surface area contributed by atoms with Crippen LogP contribution < -0.4 is 11.1 Å². The lowest BCUT2D eigenvalue weighted by molar-refractivity contribution is 0.818.